The predicted molar refractivity (Wildman–Crippen MR) is 76.9 cm³/mol. The maximum atomic E-state index is 4.45. The van der Waals surface area contributed by atoms with Gasteiger partial charge in [-0.05, 0) is 31.9 Å². The maximum Gasteiger partial charge on any atom is 0.0666 e. The van der Waals surface area contributed by atoms with Gasteiger partial charge in [-0.3, -0.25) is 4.68 Å². The number of aryl methyl sites for hydroxylation is 4. The second-order valence-corrected chi connectivity index (χ2v) is 6.02. The third kappa shape index (κ3) is 3.00. The van der Waals surface area contributed by atoms with Crippen molar-refractivity contribution >= 4 is 11.3 Å². The topological polar surface area (TPSA) is 29.9 Å². The van der Waals surface area contributed by atoms with Crippen molar-refractivity contribution in [1.82, 2.24) is 15.1 Å². The maximum absolute atomic E-state index is 4.45. The Kier molecular flexibility index (Phi) is 4.19. The fourth-order valence-corrected chi connectivity index (χ4v) is 3.11. The predicted octanol–water partition coefficient (Wildman–Crippen LogP) is 2.95. The molecular formula is C14H21N3S. The Bertz CT molecular complexity index is 506. The van der Waals surface area contributed by atoms with Gasteiger partial charge < -0.3 is 5.32 Å². The van der Waals surface area contributed by atoms with Crippen LogP contribution in [0, 0.1) is 13.8 Å². The molecule has 0 aliphatic rings. The Balaban J connectivity index is 1.91. The SMILES string of the molecule is CCc1nn(C)cc1CNCc1cc(C)c(C)s1. The summed E-state index contributed by atoms with van der Waals surface area (Å²) in [6.07, 6.45) is 3.10. The molecule has 0 radical (unpaired) electrons. The fraction of sp³-hybridized carbons (Fsp3) is 0.500. The largest absolute Gasteiger partial charge is 0.308 e. The molecule has 0 bridgehead atoms. The van der Waals surface area contributed by atoms with E-state index in [1.807, 2.05) is 23.1 Å². The van der Waals surface area contributed by atoms with E-state index in [-0.39, 0.29) is 0 Å². The molecule has 98 valence electrons. The Hall–Kier alpha value is -1.13. The highest BCUT2D eigenvalue weighted by Crippen LogP contribution is 2.20. The molecule has 0 aliphatic heterocycles. The van der Waals surface area contributed by atoms with Crippen LogP contribution < -0.4 is 5.32 Å². The molecule has 0 aromatic carbocycles. The van der Waals surface area contributed by atoms with Crippen molar-refractivity contribution in [3.8, 4) is 0 Å². The molecule has 3 nitrogen and oxygen atoms in total. The summed E-state index contributed by atoms with van der Waals surface area (Å²) in [6.45, 7) is 8.34. The number of thiophene rings is 1. The molecule has 4 heteroatoms. The zero-order valence-electron chi connectivity index (χ0n) is 11.6. The van der Waals surface area contributed by atoms with Crippen molar-refractivity contribution < 1.29 is 0 Å². The summed E-state index contributed by atoms with van der Waals surface area (Å²) >= 11 is 1.88. The van der Waals surface area contributed by atoms with Crippen molar-refractivity contribution in [2.24, 2.45) is 7.05 Å². The number of nitrogens with one attached hydrogen (secondary N) is 1. The third-order valence-corrected chi connectivity index (χ3v) is 4.31. The van der Waals surface area contributed by atoms with Crippen LogP contribution >= 0.6 is 11.3 Å². The molecular weight excluding hydrogens is 242 g/mol. The van der Waals surface area contributed by atoms with Crippen LogP contribution in [0.25, 0.3) is 0 Å². The summed E-state index contributed by atoms with van der Waals surface area (Å²) < 4.78 is 1.90. The van der Waals surface area contributed by atoms with Crippen LogP contribution in [-0.2, 0) is 26.6 Å². The monoisotopic (exact) mass is 263 g/mol. The average molecular weight is 263 g/mol. The first-order chi connectivity index (χ1) is 8.60. The van der Waals surface area contributed by atoms with Gasteiger partial charge in [0.05, 0.1) is 5.69 Å². The third-order valence-electron chi connectivity index (χ3n) is 3.16. The van der Waals surface area contributed by atoms with Crippen molar-refractivity contribution in [2.45, 2.75) is 40.3 Å². The van der Waals surface area contributed by atoms with Gasteiger partial charge in [0, 0.05) is 41.7 Å². The smallest absolute Gasteiger partial charge is 0.0666 e. The van der Waals surface area contributed by atoms with Gasteiger partial charge in [-0.1, -0.05) is 6.92 Å². The van der Waals surface area contributed by atoms with Crippen LogP contribution in [0.2, 0.25) is 0 Å². The van der Waals surface area contributed by atoms with Crippen LogP contribution in [0.5, 0.6) is 0 Å². The first-order valence-electron chi connectivity index (χ1n) is 6.38. The summed E-state index contributed by atoms with van der Waals surface area (Å²) in [7, 11) is 1.98. The zero-order chi connectivity index (χ0) is 13.1. The summed E-state index contributed by atoms with van der Waals surface area (Å²) in [5, 5.41) is 7.96. The molecule has 0 fully saturated rings. The first-order valence-corrected chi connectivity index (χ1v) is 7.19. The van der Waals surface area contributed by atoms with Gasteiger partial charge in [-0.15, -0.1) is 11.3 Å². The summed E-state index contributed by atoms with van der Waals surface area (Å²) in [4.78, 5) is 2.83. The van der Waals surface area contributed by atoms with E-state index in [0.717, 1.165) is 19.5 Å². The molecule has 1 N–H and O–H groups in total. The summed E-state index contributed by atoms with van der Waals surface area (Å²) in [6, 6.07) is 2.27. The molecule has 0 amide bonds. The van der Waals surface area contributed by atoms with E-state index < -0.39 is 0 Å². The Morgan fingerprint density at radius 1 is 1.33 bits per heavy atom. The Labute approximate surface area is 113 Å². The lowest BCUT2D eigenvalue weighted by Crippen LogP contribution is -2.12. The lowest BCUT2D eigenvalue weighted by Gasteiger charge is -2.02. The minimum absolute atomic E-state index is 0.896. The summed E-state index contributed by atoms with van der Waals surface area (Å²) in [5.74, 6) is 0. The zero-order valence-corrected chi connectivity index (χ0v) is 12.4. The number of hydrogen-bond acceptors (Lipinski definition) is 3. The van der Waals surface area contributed by atoms with E-state index >= 15 is 0 Å². The molecule has 0 atom stereocenters. The van der Waals surface area contributed by atoms with Gasteiger partial charge in [-0.25, -0.2) is 0 Å². The average Bonchev–Trinajstić information content (AvgIpc) is 2.83. The number of rotatable bonds is 5. The standard InChI is InChI=1S/C14H21N3S/c1-5-14-12(9-17(4)16-14)7-15-8-13-6-10(2)11(3)18-13/h6,9,15H,5,7-8H2,1-4H3. The Morgan fingerprint density at radius 3 is 2.72 bits per heavy atom. The van der Waals surface area contributed by atoms with Gasteiger partial charge in [0.2, 0.25) is 0 Å². The highest BCUT2D eigenvalue weighted by atomic mass is 32.1. The van der Waals surface area contributed by atoms with E-state index in [1.165, 1.54) is 26.6 Å². The highest BCUT2D eigenvalue weighted by Gasteiger charge is 2.06. The normalized spacial score (nSPS) is 11.1. The minimum atomic E-state index is 0.896. The van der Waals surface area contributed by atoms with Crippen LogP contribution in [0.15, 0.2) is 12.3 Å². The van der Waals surface area contributed by atoms with Crippen LogP contribution in [-0.4, -0.2) is 9.78 Å². The van der Waals surface area contributed by atoms with Crippen LogP contribution in [0.1, 0.15) is 33.5 Å². The molecule has 0 saturated carbocycles. The number of nitrogens with zero attached hydrogens (tertiary/aromatic N) is 2. The van der Waals surface area contributed by atoms with Crippen LogP contribution in [0.3, 0.4) is 0 Å². The molecule has 2 rings (SSSR count). The quantitative estimate of drug-likeness (QED) is 0.899. The first kappa shape index (κ1) is 13.3. The van der Waals surface area contributed by atoms with Gasteiger partial charge >= 0.3 is 0 Å². The van der Waals surface area contributed by atoms with Crippen molar-refractivity contribution in [1.29, 1.82) is 0 Å². The second kappa shape index (κ2) is 5.67. The van der Waals surface area contributed by atoms with Gasteiger partial charge in [0.1, 0.15) is 0 Å². The number of hydrogen-bond donors (Lipinski definition) is 1. The fourth-order valence-electron chi connectivity index (χ4n) is 2.09. The molecule has 0 saturated heterocycles. The second-order valence-electron chi connectivity index (χ2n) is 4.68. The van der Waals surface area contributed by atoms with E-state index in [1.54, 1.807) is 0 Å². The summed E-state index contributed by atoms with van der Waals surface area (Å²) in [5.41, 5.74) is 3.90. The number of aromatic nitrogens is 2. The molecule has 18 heavy (non-hydrogen) atoms. The van der Waals surface area contributed by atoms with E-state index in [2.05, 4.69) is 43.4 Å². The lowest BCUT2D eigenvalue weighted by atomic mass is 10.2. The Morgan fingerprint density at radius 2 is 2.11 bits per heavy atom. The molecule has 0 aliphatic carbocycles. The van der Waals surface area contributed by atoms with Crippen molar-refractivity contribution in [2.75, 3.05) is 0 Å². The van der Waals surface area contributed by atoms with E-state index in [4.69, 9.17) is 0 Å². The molecule has 0 spiro atoms. The van der Waals surface area contributed by atoms with Gasteiger partial charge in [0.25, 0.3) is 0 Å². The lowest BCUT2D eigenvalue weighted by molar-refractivity contribution is 0.695. The molecule has 2 aromatic rings. The van der Waals surface area contributed by atoms with Crippen molar-refractivity contribution in [3.05, 3.63) is 38.8 Å². The van der Waals surface area contributed by atoms with E-state index in [0.29, 0.717) is 0 Å². The molecule has 0 unspecified atom stereocenters. The van der Waals surface area contributed by atoms with E-state index in [9.17, 15) is 0 Å². The molecule has 2 aromatic heterocycles. The molecule has 2 heterocycles. The highest BCUT2D eigenvalue weighted by molar-refractivity contribution is 7.12. The minimum Gasteiger partial charge on any atom is -0.308 e. The van der Waals surface area contributed by atoms with Gasteiger partial charge in [-0.2, -0.15) is 5.10 Å². The van der Waals surface area contributed by atoms with Crippen LogP contribution in [0.4, 0.5) is 0 Å². The van der Waals surface area contributed by atoms with Crippen molar-refractivity contribution in [3.63, 3.8) is 0 Å². The van der Waals surface area contributed by atoms with Gasteiger partial charge in [0.15, 0.2) is 0 Å².